The maximum Gasteiger partial charge on any atom is 0.307 e. The fourth-order valence-corrected chi connectivity index (χ4v) is 1.55. The van der Waals surface area contributed by atoms with E-state index in [1.807, 2.05) is 0 Å². The Hall–Kier alpha value is -1.78. The summed E-state index contributed by atoms with van der Waals surface area (Å²) in [7, 11) is 0. The van der Waals surface area contributed by atoms with Gasteiger partial charge in [0.05, 0.1) is 18.1 Å². The molecule has 0 radical (unpaired) electrons. The van der Waals surface area contributed by atoms with Crippen molar-refractivity contribution in [3.63, 3.8) is 0 Å². The van der Waals surface area contributed by atoms with E-state index in [4.69, 9.17) is 9.15 Å². The maximum absolute atomic E-state index is 11.8. The summed E-state index contributed by atoms with van der Waals surface area (Å²) >= 11 is 0. The zero-order valence-electron chi connectivity index (χ0n) is 11.2. The number of rotatable bonds is 5. The SMILES string of the molecule is Cc1cc(C(=O)NCCC(=O)OC(C)C)c(C)o1. The summed E-state index contributed by atoms with van der Waals surface area (Å²) < 4.78 is 10.2. The first kappa shape index (κ1) is 14.3. The van der Waals surface area contributed by atoms with Crippen LogP contribution in [0.5, 0.6) is 0 Å². The van der Waals surface area contributed by atoms with Gasteiger partial charge >= 0.3 is 5.97 Å². The van der Waals surface area contributed by atoms with Gasteiger partial charge in [-0.15, -0.1) is 0 Å². The number of furan rings is 1. The van der Waals surface area contributed by atoms with E-state index >= 15 is 0 Å². The molecule has 0 saturated heterocycles. The highest BCUT2D eigenvalue weighted by atomic mass is 16.5. The highest BCUT2D eigenvalue weighted by molar-refractivity contribution is 5.95. The second-order valence-electron chi connectivity index (χ2n) is 4.37. The molecule has 1 aromatic rings. The lowest BCUT2D eigenvalue weighted by molar-refractivity contribution is -0.147. The molecule has 0 bridgehead atoms. The van der Waals surface area contributed by atoms with Gasteiger partial charge < -0.3 is 14.5 Å². The molecule has 0 spiro atoms. The second kappa shape index (κ2) is 6.23. The van der Waals surface area contributed by atoms with Gasteiger partial charge in [0, 0.05) is 6.54 Å². The number of hydrogen-bond acceptors (Lipinski definition) is 4. The second-order valence-corrected chi connectivity index (χ2v) is 4.37. The normalized spacial score (nSPS) is 10.5. The summed E-state index contributed by atoms with van der Waals surface area (Å²) in [6, 6.07) is 1.68. The Bertz CT molecular complexity index is 434. The topological polar surface area (TPSA) is 68.5 Å². The van der Waals surface area contributed by atoms with Gasteiger partial charge in [-0.05, 0) is 33.8 Å². The predicted molar refractivity (Wildman–Crippen MR) is 66.4 cm³/mol. The Morgan fingerprint density at radius 3 is 2.56 bits per heavy atom. The van der Waals surface area contributed by atoms with Crippen molar-refractivity contribution >= 4 is 11.9 Å². The van der Waals surface area contributed by atoms with Gasteiger partial charge in [-0.2, -0.15) is 0 Å². The van der Waals surface area contributed by atoms with E-state index in [2.05, 4.69) is 5.32 Å². The molecule has 100 valence electrons. The number of esters is 1. The molecule has 0 atom stereocenters. The molecule has 0 unspecified atom stereocenters. The maximum atomic E-state index is 11.8. The van der Waals surface area contributed by atoms with Crippen LogP contribution in [-0.2, 0) is 9.53 Å². The fraction of sp³-hybridized carbons (Fsp3) is 0.538. The van der Waals surface area contributed by atoms with E-state index in [0.717, 1.165) is 0 Å². The number of carbonyl (C=O) groups excluding carboxylic acids is 2. The van der Waals surface area contributed by atoms with Gasteiger partial charge in [-0.25, -0.2) is 0 Å². The number of amides is 1. The van der Waals surface area contributed by atoms with E-state index in [1.165, 1.54) is 0 Å². The number of hydrogen-bond donors (Lipinski definition) is 1. The molecule has 0 aliphatic carbocycles. The third-order valence-electron chi connectivity index (χ3n) is 2.27. The van der Waals surface area contributed by atoms with Crippen LogP contribution in [0.2, 0.25) is 0 Å². The fourth-order valence-electron chi connectivity index (χ4n) is 1.55. The van der Waals surface area contributed by atoms with E-state index in [1.54, 1.807) is 33.8 Å². The molecule has 0 aromatic carbocycles. The molecule has 1 aromatic heterocycles. The molecule has 1 amide bonds. The summed E-state index contributed by atoms with van der Waals surface area (Å²) in [4.78, 5) is 23.0. The molecule has 1 N–H and O–H groups in total. The van der Waals surface area contributed by atoms with Gasteiger partial charge in [-0.3, -0.25) is 9.59 Å². The molecule has 5 heteroatoms. The first-order chi connectivity index (χ1) is 8.40. The van der Waals surface area contributed by atoms with Gasteiger partial charge in [-0.1, -0.05) is 0 Å². The minimum absolute atomic E-state index is 0.132. The van der Waals surface area contributed by atoms with E-state index in [-0.39, 0.29) is 30.9 Å². The first-order valence-corrected chi connectivity index (χ1v) is 5.95. The van der Waals surface area contributed by atoms with Crippen LogP contribution in [0.3, 0.4) is 0 Å². The van der Waals surface area contributed by atoms with Crippen molar-refractivity contribution in [2.75, 3.05) is 6.54 Å². The van der Waals surface area contributed by atoms with Crippen molar-refractivity contribution in [3.05, 3.63) is 23.2 Å². The molecule has 0 aliphatic heterocycles. The van der Waals surface area contributed by atoms with Crippen molar-refractivity contribution < 1.29 is 18.7 Å². The van der Waals surface area contributed by atoms with Crippen LogP contribution in [0.25, 0.3) is 0 Å². The Labute approximate surface area is 106 Å². The molecule has 0 saturated carbocycles. The average Bonchev–Trinajstić information content (AvgIpc) is 2.56. The zero-order valence-corrected chi connectivity index (χ0v) is 11.2. The minimum atomic E-state index is -0.314. The van der Waals surface area contributed by atoms with Crippen LogP contribution in [-0.4, -0.2) is 24.5 Å². The largest absolute Gasteiger partial charge is 0.466 e. The number of aryl methyl sites for hydroxylation is 2. The van der Waals surface area contributed by atoms with Crippen molar-refractivity contribution in [1.29, 1.82) is 0 Å². The molecule has 5 nitrogen and oxygen atoms in total. The number of carbonyl (C=O) groups is 2. The van der Waals surface area contributed by atoms with Crippen LogP contribution in [0.1, 0.15) is 42.1 Å². The molecule has 0 fully saturated rings. The highest BCUT2D eigenvalue weighted by Gasteiger charge is 2.13. The summed E-state index contributed by atoms with van der Waals surface area (Å²) in [5.74, 6) is 0.721. The third-order valence-corrected chi connectivity index (χ3v) is 2.27. The molecule has 1 rings (SSSR count). The van der Waals surface area contributed by atoms with Crippen molar-refractivity contribution in [2.45, 2.75) is 40.2 Å². The molecular weight excluding hydrogens is 234 g/mol. The standard InChI is InChI=1S/C13H19NO4/c1-8(2)17-12(15)5-6-14-13(16)11-7-9(3)18-10(11)4/h7-8H,5-6H2,1-4H3,(H,14,16). The van der Waals surface area contributed by atoms with Crippen LogP contribution in [0.15, 0.2) is 10.5 Å². The van der Waals surface area contributed by atoms with Gasteiger partial charge in [0.1, 0.15) is 11.5 Å². The number of nitrogens with one attached hydrogen (secondary N) is 1. The Kier molecular flexibility index (Phi) is 4.95. The summed E-state index contributed by atoms with van der Waals surface area (Å²) in [6.45, 7) is 7.34. The van der Waals surface area contributed by atoms with Crippen molar-refractivity contribution in [2.24, 2.45) is 0 Å². The van der Waals surface area contributed by atoms with E-state index in [9.17, 15) is 9.59 Å². The quantitative estimate of drug-likeness (QED) is 0.814. The number of ether oxygens (including phenoxy) is 1. The highest BCUT2D eigenvalue weighted by Crippen LogP contribution is 2.13. The van der Waals surface area contributed by atoms with Crippen molar-refractivity contribution in [3.8, 4) is 0 Å². The summed E-state index contributed by atoms with van der Waals surface area (Å²) in [6.07, 6.45) is 0.0340. The Balaban J connectivity index is 2.38. The summed E-state index contributed by atoms with van der Waals surface area (Å²) in [5, 5.41) is 2.66. The summed E-state index contributed by atoms with van der Waals surface area (Å²) in [5.41, 5.74) is 0.504. The lowest BCUT2D eigenvalue weighted by Crippen LogP contribution is -2.27. The third kappa shape index (κ3) is 4.24. The lowest BCUT2D eigenvalue weighted by Gasteiger charge is -2.08. The monoisotopic (exact) mass is 253 g/mol. The molecule has 18 heavy (non-hydrogen) atoms. The smallest absolute Gasteiger partial charge is 0.307 e. The molecular formula is C13H19NO4. The van der Waals surface area contributed by atoms with Gasteiger partial charge in [0.15, 0.2) is 0 Å². The van der Waals surface area contributed by atoms with Gasteiger partial charge in [0.25, 0.3) is 5.91 Å². The molecule has 0 aliphatic rings. The zero-order chi connectivity index (χ0) is 13.7. The van der Waals surface area contributed by atoms with Crippen molar-refractivity contribution in [1.82, 2.24) is 5.32 Å². The van der Waals surface area contributed by atoms with E-state index in [0.29, 0.717) is 17.1 Å². The van der Waals surface area contributed by atoms with Crippen LogP contribution >= 0.6 is 0 Å². The lowest BCUT2D eigenvalue weighted by atomic mass is 10.2. The Morgan fingerprint density at radius 1 is 1.39 bits per heavy atom. The first-order valence-electron chi connectivity index (χ1n) is 5.95. The van der Waals surface area contributed by atoms with Crippen LogP contribution in [0, 0.1) is 13.8 Å². The van der Waals surface area contributed by atoms with Crippen LogP contribution < -0.4 is 5.32 Å². The average molecular weight is 253 g/mol. The molecule has 1 heterocycles. The Morgan fingerprint density at radius 2 is 2.06 bits per heavy atom. The predicted octanol–water partition coefficient (Wildman–Crippen LogP) is 1.97. The van der Waals surface area contributed by atoms with Gasteiger partial charge in [0.2, 0.25) is 0 Å². The van der Waals surface area contributed by atoms with Crippen LogP contribution in [0.4, 0.5) is 0 Å². The minimum Gasteiger partial charge on any atom is -0.466 e. The van der Waals surface area contributed by atoms with E-state index < -0.39 is 0 Å².